The molecule has 21 heavy (non-hydrogen) atoms. The molecule has 4 heteroatoms. The summed E-state index contributed by atoms with van der Waals surface area (Å²) in [6.07, 6.45) is 1.10. The van der Waals surface area contributed by atoms with Crippen molar-refractivity contribution in [2.45, 2.75) is 19.8 Å². The number of anilines is 2. The molecule has 0 atom stereocenters. The number of nitrogens with two attached hydrogens (primary N) is 1. The monoisotopic (exact) mass is 284 g/mol. The van der Waals surface area contributed by atoms with Gasteiger partial charge in [0.1, 0.15) is 5.75 Å². The fourth-order valence-electron chi connectivity index (χ4n) is 1.85. The Morgan fingerprint density at radius 2 is 1.76 bits per heavy atom. The summed E-state index contributed by atoms with van der Waals surface area (Å²) in [4.78, 5) is 11.8. The largest absolute Gasteiger partial charge is 0.494 e. The quantitative estimate of drug-likeness (QED) is 0.631. The van der Waals surface area contributed by atoms with Gasteiger partial charge in [0.2, 0.25) is 5.91 Å². The molecule has 0 radical (unpaired) electrons. The number of rotatable bonds is 6. The third-order valence-electron chi connectivity index (χ3n) is 3.03. The van der Waals surface area contributed by atoms with Gasteiger partial charge in [-0.15, -0.1) is 0 Å². The molecule has 0 unspecified atom stereocenters. The predicted molar refractivity (Wildman–Crippen MR) is 85.4 cm³/mol. The third kappa shape index (κ3) is 5.18. The smallest absolute Gasteiger partial charge is 0.224 e. The van der Waals surface area contributed by atoms with Gasteiger partial charge in [-0.25, -0.2) is 0 Å². The van der Waals surface area contributed by atoms with Crippen LogP contribution in [0.15, 0.2) is 48.5 Å². The Balaban J connectivity index is 1.67. The van der Waals surface area contributed by atoms with E-state index in [1.165, 1.54) is 5.56 Å². The number of benzene rings is 2. The van der Waals surface area contributed by atoms with Gasteiger partial charge < -0.3 is 15.8 Å². The van der Waals surface area contributed by atoms with E-state index in [0.717, 1.165) is 11.4 Å². The van der Waals surface area contributed by atoms with Crippen LogP contribution in [0.2, 0.25) is 0 Å². The zero-order valence-corrected chi connectivity index (χ0v) is 12.1. The van der Waals surface area contributed by atoms with E-state index in [0.29, 0.717) is 25.1 Å². The molecule has 0 aliphatic heterocycles. The van der Waals surface area contributed by atoms with Crippen LogP contribution in [0.4, 0.5) is 11.4 Å². The van der Waals surface area contributed by atoms with Crippen LogP contribution in [0, 0.1) is 6.92 Å². The van der Waals surface area contributed by atoms with Crippen LogP contribution in [0.25, 0.3) is 0 Å². The van der Waals surface area contributed by atoms with E-state index >= 15 is 0 Å². The molecule has 0 saturated carbocycles. The van der Waals surface area contributed by atoms with Crippen LogP contribution < -0.4 is 15.8 Å². The van der Waals surface area contributed by atoms with Crippen molar-refractivity contribution in [1.82, 2.24) is 0 Å². The number of carbonyl (C=O) groups is 1. The van der Waals surface area contributed by atoms with Gasteiger partial charge in [-0.05, 0) is 49.7 Å². The first-order chi connectivity index (χ1) is 10.1. The summed E-state index contributed by atoms with van der Waals surface area (Å²) < 4.78 is 5.58. The van der Waals surface area contributed by atoms with Crippen molar-refractivity contribution in [2.75, 3.05) is 17.7 Å². The van der Waals surface area contributed by atoms with E-state index in [1.54, 1.807) is 24.3 Å². The van der Waals surface area contributed by atoms with Crippen LogP contribution >= 0.6 is 0 Å². The number of ether oxygens (including phenoxy) is 1. The minimum Gasteiger partial charge on any atom is -0.494 e. The Morgan fingerprint density at radius 3 is 2.43 bits per heavy atom. The lowest BCUT2D eigenvalue weighted by molar-refractivity contribution is -0.116. The minimum absolute atomic E-state index is 0.0210. The molecule has 0 aliphatic rings. The van der Waals surface area contributed by atoms with E-state index in [4.69, 9.17) is 10.5 Å². The van der Waals surface area contributed by atoms with Crippen LogP contribution in [0.3, 0.4) is 0 Å². The van der Waals surface area contributed by atoms with Gasteiger partial charge >= 0.3 is 0 Å². The predicted octanol–water partition coefficient (Wildman–Crippen LogP) is 3.37. The molecule has 0 aromatic heterocycles. The van der Waals surface area contributed by atoms with Crippen molar-refractivity contribution < 1.29 is 9.53 Å². The number of hydrogen-bond donors (Lipinski definition) is 2. The molecular weight excluding hydrogens is 264 g/mol. The van der Waals surface area contributed by atoms with Crippen molar-refractivity contribution >= 4 is 17.3 Å². The van der Waals surface area contributed by atoms with Gasteiger partial charge in [0.05, 0.1) is 6.61 Å². The molecule has 2 aromatic rings. The highest BCUT2D eigenvalue weighted by molar-refractivity contribution is 5.90. The number of amides is 1. The first-order valence-corrected chi connectivity index (χ1v) is 6.98. The van der Waals surface area contributed by atoms with E-state index in [1.807, 2.05) is 31.2 Å². The Kier molecular flexibility index (Phi) is 5.21. The maximum absolute atomic E-state index is 11.8. The Hall–Kier alpha value is -2.49. The average molecular weight is 284 g/mol. The summed E-state index contributed by atoms with van der Waals surface area (Å²) in [6.45, 7) is 2.56. The van der Waals surface area contributed by atoms with Gasteiger partial charge in [-0.2, -0.15) is 0 Å². The van der Waals surface area contributed by atoms with Crippen molar-refractivity contribution in [3.63, 3.8) is 0 Å². The van der Waals surface area contributed by atoms with Gasteiger partial charge in [-0.1, -0.05) is 17.7 Å². The normalized spacial score (nSPS) is 10.1. The maximum Gasteiger partial charge on any atom is 0.224 e. The fourth-order valence-corrected chi connectivity index (χ4v) is 1.85. The second-order valence-electron chi connectivity index (χ2n) is 4.94. The molecule has 4 nitrogen and oxygen atoms in total. The highest BCUT2D eigenvalue weighted by atomic mass is 16.5. The minimum atomic E-state index is -0.0210. The lowest BCUT2D eigenvalue weighted by atomic mass is 10.2. The molecule has 110 valence electrons. The van der Waals surface area contributed by atoms with E-state index in [9.17, 15) is 4.79 Å². The summed E-state index contributed by atoms with van der Waals surface area (Å²) >= 11 is 0. The van der Waals surface area contributed by atoms with Gasteiger partial charge in [0.25, 0.3) is 0 Å². The lowest BCUT2D eigenvalue weighted by Gasteiger charge is -2.07. The molecule has 0 aliphatic carbocycles. The Bertz CT molecular complexity index is 577. The molecule has 0 bridgehead atoms. The molecule has 0 saturated heterocycles. The fraction of sp³-hybridized carbons (Fsp3) is 0.235. The van der Waals surface area contributed by atoms with Crippen molar-refractivity contribution in [3.8, 4) is 5.75 Å². The molecule has 0 fully saturated rings. The summed E-state index contributed by atoms with van der Waals surface area (Å²) in [5.41, 5.74) is 8.23. The lowest BCUT2D eigenvalue weighted by Crippen LogP contribution is -2.12. The zero-order valence-electron chi connectivity index (χ0n) is 12.1. The number of nitrogen functional groups attached to an aromatic ring is 1. The Labute approximate surface area is 124 Å². The molecule has 2 aromatic carbocycles. The van der Waals surface area contributed by atoms with Gasteiger partial charge in [-0.3, -0.25) is 4.79 Å². The number of carbonyl (C=O) groups excluding carboxylic acids is 1. The van der Waals surface area contributed by atoms with Crippen molar-refractivity contribution in [1.29, 1.82) is 0 Å². The zero-order chi connectivity index (χ0) is 15.1. The van der Waals surface area contributed by atoms with E-state index in [-0.39, 0.29) is 5.91 Å². The highest BCUT2D eigenvalue weighted by Gasteiger charge is 2.02. The molecule has 3 N–H and O–H groups in total. The average Bonchev–Trinajstić information content (AvgIpc) is 2.48. The number of aryl methyl sites for hydroxylation is 1. The third-order valence-corrected chi connectivity index (χ3v) is 3.03. The number of hydrogen-bond acceptors (Lipinski definition) is 3. The highest BCUT2D eigenvalue weighted by Crippen LogP contribution is 2.13. The molecule has 0 spiro atoms. The maximum atomic E-state index is 11.8. The van der Waals surface area contributed by atoms with Crippen molar-refractivity contribution in [2.24, 2.45) is 0 Å². The van der Waals surface area contributed by atoms with Crippen LogP contribution in [0.5, 0.6) is 5.75 Å². The second kappa shape index (κ2) is 7.33. The van der Waals surface area contributed by atoms with E-state index in [2.05, 4.69) is 5.32 Å². The Morgan fingerprint density at radius 1 is 1.10 bits per heavy atom. The topological polar surface area (TPSA) is 64.3 Å². The van der Waals surface area contributed by atoms with Crippen LogP contribution in [-0.2, 0) is 4.79 Å². The standard InChI is InChI=1S/C17H20N2O2/c1-13-4-10-16(11-5-13)21-12-2-3-17(20)19-15-8-6-14(18)7-9-15/h4-11H,2-3,12,18H2,1H3,(H,19,20). The SMILES string of the molecule is Cc1ccc(OCCCC(=O)Nc2ccc(N)cc2)cc1. The molecule has 0 heterocycles. The van der Waals surface area contributed by atoms with Crippen molar-refractivity contribution in [3.05, 3.63) is 54.1 Å². The van der Waals surface area contributed by atoms with Crippen LogP contribution in [-0.4, -0.2) is 12.5 Å². The first-order valence-electron chi connectivity index (χ1n) is 6.98. The molecular formula is C17H20N2O2. The summed E-state index contributed by atoms with van der Waals surface area (Å²) in [5.74, 6) is 0.812. The molecule has 1 amide bonds. The van der Waals surface area contributed by atoms with Crippen LogP contribution in [0.1, 0.15) is 18.4 Å². The molecule has 2 rings (SSSR count). The van der Waals surface area contributed by atoms with E-state index < -0.39 is 0 Å². The van der Waals surface area contributed by atoms with Gasteiger partial charge in [0.15, 0.2) is 0 Å². The first kappa shape index (κ1) is 14.9. The van der Waals surface area contributed by atoms with Gasteiger partial charge in [0, 0.05) is 17.8 Å². The second-order valence-corrected chi connectivity index (χ2v) is 4.94. The summed E-state index contributed by atoms with van der Waals surface area (Å²) in [6, 6.07) is 15.0. The summed E-state index contributed by atoms with van der Waals surface area (Å²) in [7, 11) is 0. The number of nitrogens with one attached hydrogen (secondary N) is 1. The summed E-state index contributed by atoms with van der Waals surface area (Å²) in [5, 5.41) is 2.83.